The highest BCUT2D eigenvalue weighted by atomic mass is 16.2. The number of barbiturate groups is 1. The van der Waals surface area contributed by atoms with Crippen molar-refractivity contribution < 1.29 is 14.4 Å². The van der Waals surface area contributed by atoms with Crippen molar-refractivity contribution >= 4 is 23.5 Å². The van der Waals surface area contributed by atoms with Crippen LogP contribution < -0.4 is 10.2 Å². The van der Waals surface area contributed by atoms with Gasteiger partial charge in [-0.15, -0.1) is 0 Å². The molecule has 1 heterocycles. The van der Waals surface area contributed by atoms with Gasteiger partial charge in [-0.2, -0.15) is 0 Å². The molecule has 0 unspecified atom stereocenters. The maximum absolute atomic E-state index is 12.6. The fraction of sp³-hybridized carbons (Fsp3) is 0.400. The van der Waals surface area contributed by atoms with Crippen molar-refractivity contribution in [1.29, 1.82) is 0 Å². The Morgan fingerprint density at radius 1 is 1.25 bits per heavy atom. The van der Waals surface area contributed by atoms with Gasteiger partial charge in [-0.1, -0.05) is 25.5 Å². The van der Waals surface area contributed by atoms with Gasteiger partial charge < -0.3 is 0 Å². The first kappa shape index (κ1) is 12.8. The third-order valence-corrected chi connectivity index (χ3v) is 4.25. The minimum absolute atomic E-state index is 0.384. The van der Waals surface area contributed by atoms with E-state index in [4.69, 9.17) is 0 Å². The molecule has 0 bridgehead atoms. The number of carbonyl (C=O) groups excluding carboxylic acids is 3. The summed E-state index contributed by atoms with van der Waals surface area (Å²) in [5, 5.41) is 2.32. The van der Waals surface area contributed by atoms with Crippen molar-refractivity contribution in [1.82, 2.24) is 5.32 Å². The van der Waals surface area contributed by atoms with Gasteiger partial charge in [0, 0.05) is 0 Å². The average Bonchev–Trinajstić information content (AvgIpc) is 2.37. The number of anilines is 1. The minimum atomic E-state index is -1.02. The van der Waals surface area contributed by atoms with Gasteiger partial charge in [-0.3, -0.25) is 14.9 Å². The van der Waals surface area contributed by atoms with Gasteiger partial charge in [0.05, 0.1) is 5.69 Å². The van der Waals surface area contributed by atoms with Crippen molar-refractivity contribution in [3.8, 4) is 0 Å². The smallest absolute Gasteiger partial charge is 0.276 e. The maximum atomic E-state index is 12.6. The number of urea groups is 1. The first-order valence-corrected chi connectivity index (χ1v) is 6.87. The molecule has 4 amide bonds. The molecule has 0 atom stereocenters. The molecule has 2 fully saturated rings. The van der Waals surface area contributed by atoms with E-state index in [1.807, 2.05) is 25.1 Å². The van der Waals surface area contributed by atoms with Gasteiger partial charge in [-0.25, -0.2) is 9.69 Å². The number of imide groups is 2. The first-order valence-electron chi connectivity index (χ1n) is 6.87. The van der Waals surface area contributed by atoms with E-state index < -0.39 is 17.4 Å². The Morgan fingerprint density at radius 2 is 2.00 bits per heavy atom. The molecule has 0 radical (unpaired) electrons. The highest BCUT2D eigenvalue weighted by molar-refractivity contribution is 6.30. The van der Waals surface area contributed by atoms with Crippen LogP contribution >= 0.6 is 0 Å². The molecule has 20 heavy (non-hydrogen) atoms. The Hall–Kier alpha value is -2.17. The Balaban J connectivity index is 2.01. The standard InChI is InChI=1S/C15H16N2O3/c1-2-10-5-3-6-11(9-10)17-13(19)15(7-4-8-15)12(18)16-14(17)20/h3,5-6,9H,2,4,7-8H2,1H3,(H,16,18,20). The Labute approximate surface area is 116 Å². The zero-order valence-corrected chi connectivity index (χ0v) is 11.3. The van der Waals surface area contributed by atoms with Crippen LogP contribution in [0.5, 0.6) is 0 Å². The summed E-state index contributed by atoms with van der Waals surface area (Å²) in [6.07, 6.45) is 2.71. The molecule has 1 N–H and O–H groups in total. The summed E-state index contributed by atoms with van der Waals surface area (Å²) in [5.74, 6) is -0.826. The molecular formula is C15H16N2O3. The minimum Gasteiger partial charge on any atom is -0.276 e. The number of hydrogen-bond donors (Lipinski definition) is 1. The van der Waals surface area contributed by atoms with Gasteiger partial charge >= 0.3 is 6.03 Å². The summed E-state index contributed by atoms with van der Waals surface area (Å²) >= 11 is 0. The van der Waals surface area contributed by atoms with Crippen LogP contribution in [0.15, 0.2) is 24.3 Å². The molecule has 1 aromatic rings. The molecule has 5 heteroatoms. The van der Waals surface area contributed by atoms with E-state index in [1.54, 1.807) is 6.07 Å². The fourth-order valence-electron chi connectivity index (χ4n) is 2.80. The van der Waals surface area contributed by atoms with Gasteiger partial charge in [0.2, 0.25) is 5.91 Å². The normalized spacial score (nSPS) is 20.9. The van der Waals surface area contributed by atoms with E-state index >= 15 is 0 Å². The average molecular weight is 272 g/mol. The number of aryl methyl sites for hydroxylation is 1. The highest BCUT2D eigenvalue weighted by Crippen LogP contribution is 2.45. The maximum Gasteiger partial charge on any atom is 0.335 e. The number of nitrogens with one attached hydrogen (secondary N) is 1. The number of amides is 4. The topological polar surface area (TPSA) is 66.5 Å². The van der Waals surface area contributed by atoms with Crippen molar-refractivity contribution in [2.45, 2.75) is 32.6 Å². The molecule has 104 valence electrons. The predicted molar refractivity (Wildman–Crippen MR) is 73.1 cm³/mol. The summed E-state index contributed by atoms with van der Waals surface area (Å²) in [6.45, 7) is 2.01. The predicted octanol–water partition coefficient (Wildman–Crippen LogP) is 2.00. The molecular weight excluding hydrogens is 256 g/mol. The van der Waals surface area contributed by atoms with Crippen LogP contribution in [0, 0.1) is 5.41 Å². The lowest BCUT2D eigenvalue weighted by Crippen LogP contribution is -2.66. The lowest BCUT2D eigenvalue weighted by atomic mass is 9.66. The summed E-state index contributed by atoms with van der Waals surface area (Å²) in [4.78, 5) is 37.7. The molecule has 1 saturated carbocycles. The molecule has 1 spiro atoms. The molecule has 1 aliphatic heterocycles. The zero-order chi connectivity index (χ0) is 14.3. The second kappa shape index (κ2) is 4.44. The second-order valence-corrected chi connectivity index (χ2v) is 5.36. The fourth-order valence-corrected chi connectivity index (χ4v) is 2.80. The summed E-state index contributed by atoms with van der Waals surface area (Å²) < 4.78 is 0. The van der Waals surface area contributed by atoms with Gasteiger partial charge in [0.1, 0.15) is 5.41 Å². The van der Waals surface area contributed by atoms with Crippen LogP contribution in [0.1, 0.15) is 31.7 Å². The van der Waals surface area contributed by atoms with Crippen LogP contribution in [0.2, 0.25) is 0 Å². The molecule has 1 aromatic carbocycles. The number of carbonyl (C=O) groups is 3. The summed E-state index contributed by atoms with van der Waals surface area (Å²) in [5.41, 5.74) is 0.559. The van der Waals surface area contributed by atoms with E-state index in [-0.39, 0.29) is 5.91 Å². The SMILES string of the molecule is CCc1cccc(N2C(=O)NC(=O)C3(CCC3)C2=O)c1. The molecule has 1 aliphatic carbocycles. The third kappa shape index (κ3) is 1.66. The van der Waals surface area contributed by atoms with E-state index in [0.29, 0.717) is 18.5 Å². The van der Waals surface area contributed by atoms with Gasteiger partial charge in [0.15, 0.2) is 0 Å². The summed E-state index contributed by atoms with van der Waals surface area (Å²) in [7, 11) is 0. The van der Waals surface area contributed by atoms with Crippen LogP contribution in [0.3, 0.4) is 0 Å². The molecule has 0 aromatic heterocycles. The monoisotopic (exact) mass is 272 g/mol. The highest BCUT2D eigenvalue weighted by Gasteiger charge is 2.57. The van der Waals surface area contributed by atoms with E-state index in [0.717, 1.165) is 23.3 Å². The molecule has 5 nitrogen and oxygen atoms in total. The van der Waals surface area contributed by atoms with Crippen LogP contribution in [0.4, 0.5) is 10.5 Å². The number of rotatable bonds is 2. The van der Waals surface area contributed by atoms with Crippen molar-refractivity contribution in [2.24, 2.45) is 5.41 Å². The second-order valence-electron chi connectivity index (χ2n) is 5.36. The molecule has 3 rings (SSSR count). The van der Waals surface area contributed by atoms with Crippen molar-refractivity contribution in [3.63, 3.8) is 0 Å². The number of hydrogen-bond acceptors (Lipinski definition) is 3. The van der Waals surface area contributed by atoms with E-state index in [1.165, 1.54) is 0 Å². The van der Waals surface area contributed by atoms with Crippen LogP contribution in [-0.2, 0) is 16.0 Å². The quantitative estimate of drug-likeness (QED) is 0.837. The Bertz CT molecular complexity index is 605. The number of nitrogens with zero attached hydrogens (tertiary/aromatic N) is 1. The largest absolute Gasteiger partial charge is 0.335 e. The summed E-state index contributed by atoms with van der Waals surface area (Å²) in [6, 6.07) is 6.66. The Morgan fingerprint density at radius 3 is 2.60 bits per heavy atom. The molecule has 2 aliphatic rings. The first-order chi connectivity index (χ1) is 9.58. The van der Waals surface area contributed by atoms with Gasteiger partial charge in [-0.05, 0) is 37.0 Å². The van der Waals surface area contributed by atoms with E-state index in [9.17, 15) is 14.4 Å². The molecule has 1 saturated heterocycles. The van der Waals surface area contributed by atoms with Crippen molar-refractivity contribution in [3.05, 3.63) is 29.8 Å². The van der Waals surface area contributed by atoms with Gasteiger partial charge in [0.25, 0.3) is 5.91 Å². The van der Waals surface area contributed by atoms with Crippen LogP contribution in [-0.4, -0.2) is 17.8 Å². The Kier molecular flexibility index (Phi) is 2.85. The van der Waals surface area contributed by atoms with Crippen molar-refractivity contribution in [2.75, 3.05) is 4.90 Å². The lowest BCUT2D eigenvalue weighted by Gasteiger charge is -2.44. The zero-order valence-electron chi connectivity index (χ0n) is 11.3. The van der Waals surface area contributed by atoms with Crippen LogP contribution in [0.25, 0.3) is 0 Å². The third-order valence-electron chi connectivity index (χ3n) is 4.25. The lowest BCUT2D eigenvalue weighted by molar-refractivity contribution is -0.148. The number of benzene rings is 1. The van der Waals surface area contributed by atoms with E-state index in [2.05, 4.69) is 5.32 Å².